The second-order valence-corrected chi connectivity index (χ2v) is 9.59. The molecule has 1 aromatic heterocycles. The topological polar surface area (TPSA) is 79.5 Å². The molecule has 0 aliphatic carbocycles. The first-order valence-electron chi connectivity index (χ1n) is 8.60. The van der Waals surface area contributed by atoms with Crippen LogP contribution in [0, 0.1) is 0 Å². The molecule has 1 fully saturated rings. The zero-order chi connectivity index (χ0) is 19.2. The smallest absolute Gasteiger partial charge is 0.236 e. The van der Waals surface area contributed by atoms with Gasteiger partial charge in [-0.05, 0) is 30.2 Å². The second kappa shape index (κ2) is 7.16. The van der Waals surface area contributed by atoms with E-state index in [1.165, 1.54) is 11.3 Å². The Labute approximate surface area is 174 Å². The maximum Gasteiger partial charge on any atom is 0.236 e. The van der Waals surface area contributed by atoms with Gasteiger partial charge in [0.2, 0.25) is 11.8 Å². The van der Waals surface area contributed by atoms with Crippen LogP contribution in [-0.4, -0.2) is 47.9 Å². The summed E-state index contributed by atoms with van der Waals surface area (Å²) in [6, 6.07) is 5.98. The number of carbonyl (C=O) groups is 2. The molecule has 3 heterocycles. The van der Waals surface area contributed by atoms with Crippen molar-refractivity contribution < 1.29 is 9.59 Å². The number of hydrogen-bond donors (Lipinski definition) is 1. The van der Waals surface area contributed by atoms with Gasteiger partial charge in [-0.25, -0.2) is 4.98 Å². The number of rotatable bonds is 3. The van der Waals surface area contributed by atoms with Gasteiger partial charge in [-0.15, -0.1) is 11.3 Å². The van der Waals surface area contributed by atoms with Gasteiger partial charge in [0.1, 0.15) is 9.34 Å². The van der Waals surface area contributed by atoms with Gasteiger partial charge in [0.25, 0.3) is 0 Å². The second-order valence-electron chi connectivity index (χ2n) is 6.93. The summed E-state index contributed by atoms with van der Waals surface area (Å²) in [4.78, 5) is 32.9. The molecule has 0 saturated carbocycles. The normalized spacial score (nSPS) is 21.1. The number of fused-ring (bicyclic) bond motifs is 2. The summed E-state index contributed by atoms with van der Waals surface area (Å²) in [6.45, 7) is 1.81. The van der Waals surface area contributed by atoms with Gasteiger partial charge >= 0.3 is 0 Å². The van der Waals surface area contributed by atoms with Crippen molar-refractivity contribution >= 4 is 56.4 Å². The predicted octanol–water partition coefficient (Wildman–Crippen LogP) is 2.58. The van der Waals surface area contributed by atoms with E-state index in [9.17, 15) is 9.59 Å². The van der Waals surface area contributed by atoms with Crippen molar-refractivity contribution in [3.8, 4) is 0 Å². The molecule has 6 nitrogen and oxygen atoms in total. The molecular weight excluding hydrogens is 452 g/mol. The molecule has 4 rings (SSSR count). The van der Waals surface area contributed by atoms with Crippen LogP contribution in [0.15, 0.2) is 28.9 Å². The Hall–Kier alpha value is -1.48. The number of likely N-dealkylation sites (tertiary alicyclic amines) is 1. The third-order valence-electron chi connectivity index (χ3n) is 5.29. The monoisotopic (exact) mass is 468 g/mol. The van der Waals surface area contributed by atoms with Gasteiger partial charge in [-0.1, -0.05) is 27.5 Å². The van der Waals surface area contributed by atoms with E-state index in [1.54, 1.807) is 11.1 Å². The minimum Gasteiger partial charge on any atom is -0.341 e. The summed E-state index contributed by atoms with van der Waals surface area (Å²) in [5.74, 6) is -0.0595. The molecule has 9 heteroatoms. The lowest BCUT2D eigenvalue weighted by atomic mass is 9.81. The van der Waals surface area contributed by atoms with Crippen LogP contribution in [0.25, 0.3) is 0 Å². The standard InChI is InChI=1S/C18H18BrClN4O2S/c19-11-1-2-13-12(5-11)18(3-4-23(9-18)17(26)7-21)10-24(13)16(25)6-15-22-8-14(20)27-15/h1-2,5,8H,3-4,6-7,9-10,21H2. The molecule has 1 saturated heterocycles. The highest BCUT2D eigenvalue weighted by Gasteiger charge is 2.49. The lowest BCUT2D eigenvalue weighted by Crippen LogP contribution is -2.41. The summed E-state index contributed by atoms with van der Waals surface area (Å²) in [5.41, 5.74) is 7.31. The van der Waals surface area contributed by atoms with E-state index in [0.29, 0.717) is 29.0 Å². The van der Waals surface area contributed by atoms with Crippen LogP contribution in [0.3, 0.4) is 0 Å². The Balaban J connectivity index is 1.64. The van der Waals surface area contributed by atoms with Gasteiger partial charge in [0, 0.05) is 35.2 Å². The van der Waals surface area contributed by atoms with Crippen LogP contribution < -0.4 is 10.6 Å². The maximum atomic E-state index is 13.0. The number of benzene rings is 1. The van der Waals surface area contributed by atoms with Crippen molar-refractivity contribution in [2.24, 2.45) is 5.73 Å². The molecule has 2 aliphatic rings. The number of carbonyl (C=O) groups excluding carboxylic acids is 2. The lowest BCUT2D eigenvalue weighted by Gasteiger charge is -2.25. The van der Waals surface area contributed by atoms with E-state index in [4.69, 9.17) is 17.3 Å². The van der Waals surface area contributed by atoms with Crippen LogP contribution in [-0.2, 0) is 21.4 Å². The first-order chi connectivity index (χ1) is 12.9. The molecular formula is C18H18BrClN4O2S. The molecule has 2 aromatic rings. The Morgan fingerprint density at radius 2 is 2.15 bits per heavy atom. The van der Waals surface area contributed by atoms with E-state index in [0.717, 1.165) is 22.1 Å². The minimum absolute atomic E-state index is 0.00880. The van der Waals surface area contributed by atoms with Gasteiger partial charge in [0.05, 0.1) is 19.2 Å². The third-order valence-corrected chi connectivity index (χ3v) is 6.90. The van der Waals surface area contributed by atoms with E-state index in [-0.39, 0.29) is 30.2 Å². The number of nitrogens with zero attached hydrogens (tertiary/aromatic N) is 3. The molecule has 2 amide bonds. The Morgan fingerprint density at radius 3 is 2.85 bits per heavy atom. The van der Waals surface area contributed by atoms with E-state index in [1.807, 2.05) is 17.0 Å². The molecule has 2 aliphatic heterocycles. The number of nitrogens with two attached hydrogens (primary N) is 1. The highest BCUT2D eigenvalue weighted by Crippen LogP contribution is 2.47. The van der Waals surface area contributed by atoms with Gasteiger partial charge in [-0.2, -0.15) is 0 Å². The van der Waals surface area contributed by atoms with Crippen LogP contribution >= 0.6 is 38.9 Å². The van der Waals surface area contributed by atoms with Crippen LogP contribution in [0.4, 0.5) is 5.69 Å². The number of anilines is 1. The Morgan fingerprint density at radius 1 is 1.33 bits per heavy atom. The average molecular weight is 470 g/mol. The highest BCUT2D eigenvalue weighted by molar-refractivity contribution is 9.10. The van der Waals surface area contributed by atoms with Crippen molar-refractivity contribution in [2.45, 2.75) is 18.3 Å². The third kappa shape index (κ3) is 3.40. The molecule has 1 atom stereocenters. The molecule has 0 radical (unpaired) electrons. The number of halogens is 2. The Bertz CT molecular complexity index is 921. The molecule has 1 unspecified atom stereocenters. The summed E-state index contributed by atoms with van der Waals surface area (Å²) in [5, 5.41) is 0.705. The van der Waals surface area contributed by atoms with Crippen LogP contribution in [0.2, 0.25) is 4.34 Å². The first-order valence-corrected chi connectivity index (χ1v) is 10.6. The molecule has 142 valence electrons. The summed E-state index contributed by atoms with van der Waals surface area (Å²) in [6.07, 6.45) is 2.60. The fraction of sp³-hybridized carbons (Fsp3) is 0.389. The maximum absolute atomic E-state index is 13.0. The summed E-state index contributed by atoms with van der Waals surface area (Å²) < 4.78 is 1.54. The summed E-state index contributed by atoms with van der Waals surface area (Å²) in [7, 11) is 0. The SMILES string of the molecule is NCC(=O)N1CCC2(C1)CN(C(=O)Cc1ncc(Cl)s1)c1ccc(Br)cc12. The van der Waals surface area contributed by atoms with Crippen molar-refractivity contribution in [3.63, 3.8) is 0 Å². The van der Waals surface area contributed by atoms with Crippen molar-refractivity contribution in [3.05, 3.63) is 43.8 Å². The minimum atomic E-state index is -0.250. The summed E-state index contributed by atoms with van der Waals surface area (Å²) >= 11 is 10.8. The number of thiazole rings is 1. The average Bonchev–Trinajstić information content (AvgIpc) is 3.34. The molecule has 2 N–H and O–H groups in total. The lowest BCUT2D eigenvalue weighted by molar-refractivity contribution is -0.128. The van der Waals surface area contributed by atoms with Crippen molar-refractivity contribution in [1.82, 2.24) is 9.88 Å². The van der Waals surface area contributed by atoms with E-state index < -0.39 is 0 Å². The van der Waals surface area contributed by atoms with Gasteiger partial charge < -0.3 is 15.5 Å². The fourth-order valence-corrected chi connectivity index (χ4v) is 5.33. The Kier molecular flexibility index (Phi) is 5.00. The number of hydrogen-bond acceptors (Lipinski definition) is 5. The quantitative estimate of drug-likeness (QED) is 0.749. The van der Waals surface area contributed by atoms with Crippen LogP contribution in [0.1, 0.15) is 17.0 Å². The first kappa shape index (κ1) is 18.9. The number of amides is 2. The predicted molar refractivity (Wildman–Crippen MR) is 109 cm³/mol. The molecule has 1 aromatic carbocycles. The zero-order valence-corrected chi connectivity index (χ0v) is 17.6. The van der Waals surface area contributed by atoms with E-state index in [2.05, 4.69) is 27.0 Å². The highest BCUT2D eigenvalue weighted by atomic mass is 79.9. The molecule has 1 spiro atoms. The van der Waals surface area contributed by atoms with E-state index >= 15 is 0 Å². The van der Waals surface area contributed by atoms with Crippen molar-refractivity contribution in [2.75, 3.05) is 31.1 Å². The number of aromatic nitrogens is 1. The van der Waals surface area contributed by atoms with Crippen molar-refractivity contribution in [1.29, 1.82) is 0 Å². The van der Waals surface area contributed by atoms with Gasteiger partial charge in [-0.3, -0.25) is 9.59 Å². The molecule has 27 heavy (non-hydrogen) atoms. The van der Waals surface area contributed by atoms with Gasteiger partial charge in [0.15, 0.2) is 0 Å². The zero-order valence-electron chi connectivity index (χ0n) is 14.5. The molecule has 0 bridgehead atoms. The van der Waals surface area contributed by atoms with Crippen LogP contribution in [0.5, 0.6) is 0 Å². The largest absolute Gasteiger partial charge is 0.341 e. The fourth-order valence-electron chi connectivity index (χ4n) is 4.02.